The van der Waals surface area contributed by atoms with Gasteiger partial charge in [0.15, 0.2) is 0 Å². The largest absolute Gasteiger partial charge is 0.445 e. The highest BCUT2D eigenvalue weighted by molar-refractivity contribution is 7.15. The summed E-state index contributed by atoms with van der Waals surface area (Å²) in [5.41, 5.74) is 0. The van der Waals surface area contributed by atoms with Crippen LogP contribution < -0.4 is 16.0 Å². The van der Waals surface area contributed by atoms with Crippen molar-refractivity contribution in [3.8, 4) is 0 Å². The van der Waals surface area contributed by atoms with Gasteiger partial charge < -0.3 is 10.6 Å². The fraction of sp³-hybridized carbons (Fsp3) is 0.600. The molecule has 2 heterocycles. The van der Waals surface area contributed by atoms with Crippen LogP contribution in [0.25, 0.3) is 0 Å². The van der Waals surface area contributed by atoms with Gasteiger partial charge in [-0.1, -0.05) is 31.3 Å². The van der Waals surface area contributed by atoms with Gasteiger partial charge in [-0.05, 0) is 25.3 Å². The molecule has 11 heteroatoms. The van der Waals surface area contributed by atoms with Crippen LogP contribution >= 0.6 is 11.3 Å². The number of alkyl halides is 3. The normalized spacial score (nSPS) is 18.6. The zero-order valence-corrected chi connectivity index (χ0v) is 15.1. The number of rotatable bonds is 7. The molecule has 0 spiro atoms. The molecule has 7 nitrogen and oxygen atoms in total. The van der Waals surface area contributed by atoms with Gasteiger partial charge in [-0.3, -0.25) is 14.9 Å². The van der Waals surface area contributed by atoms with E-state index in [1.54, 1.807) is 0 Å². The Kier molecular flexibility index (Phi) is 6.70. The van der Waals surface area contributed by atoms with Gasteiger partial charge in [-0.15, -0.1) is 10.2 Å². The number of amides is 2. The molecule has 1 fully saturated rings. The Balaban J connectivity index is 1.93. The number of nitrogens with zero attached hydrogens (tertiary/aromatic N) is 2. The average molecular weight is 391 g/mol. The second kappa shape index (κ2) is 8.58. The average Bonchev–Trinajstić information content (AvgIpc) is 2.90. The predicted octanol–water partition coefficient (Wildman–Crippen LogP) is 1.94. The Hall–Kier alpha value is -2.01. The highest BCUT2D eigenvalue weighted by atomic mass is 32.1. The minimum atomic E-state index is -4.60. The first kappa shape index (κ1) is 20.3. The van der Waals surface area contributed by atoms with Crippen LogP contribution in [0.2, 0.25) is 0 Å². The number of nitrogens with one attached hydrogen (secondary N) is 3. The molecule has 1 aromatic heterocycles. The molecule has 0 aromatic carbocycles. The Morgan fingerprint density at radius 1 is 1.38 bits per heavy atom. The smallest absolute Gasteiger partial charge is 0.349 e. The van der Waals surface area contributed by atoms with Gasteiger partial charge >= 0.3 is 6.18 Å². The molecule has 0 aliphatic carbocycles. The molecule has 1 unspecified atom stereocenters. The van der Waals surface area contributed by atoms with Crippen LogP contribution in [0.5, 0.6) is 0 Å². The van der Waals surface area contributed by atoms with Crippen molar-refractivity contribution in [2.45, 2.75) is 44.9 Å². The fourth-order valence-corrected chi connectivity index (χ4v) is 2.84. The molecule has 1 saturated heterocycles. The van der Waals surface area contributed by atoms with Gasteiger partial charge in [0.25, 0.3) is 0 Å². The van der Waals surface area contributed by atoms with Crippen LogP contribution in [0.1, 0.15) is 31.7 Å². The molecule has 144 valence electrons. The maximum absolute atomic E-state index is 12.5. The number of carbonyl (C=O) groups excluding carboxylic acids is 2. The third-order valence-electron chi connectivity index (χ3n) is 3.57. The second-order valence-corrected chi connectivity index (χ2v) is 7.28. The topological polar surface area (TPSA) is 96.0 Å². The van der Waals surface area contributed by atoms with Crippen molar-refractivity contribution in [2.75, 3.05) is 11.9 Å². The third kappa shape index (κ3) is 6.06. The quantitative estimate of drug-likeness (QED) is 0.618. The van der Waals surface area contributed by atoms with Crippen LogP contribution in [0.15, 0.2) is 12.2 Å². The van der Waals surface area contributed by atoms with E-state index < -0.39 is 17.1 Å². The van der Waals surface area contributed by atoms with Crippen molar-refractivity contribution >= 4 is 28.3 Å². The van der Waals surface area contributed by atoms with E-state index in [1.807, 2.05) is 13.8 Å². The van der Waals surface area contributed by atoms with Crippen molar-refractivity contribution < 1.29 is 22.8 Å². The van der Waals surface area contributed by atoms with E-state index in [1.165, 1.54) is 12.2 Å². The monoisotopic (exact) mass is 391 g/mol. The molecule has 1 aromatic rings. The first-order valence-electron chi connectivity index (χ1n) is 8.09. The number of anilines is 1. The lowest BCUT2D eigenvalue weighted by atomic mass is 10.0. The molecular weight excluding hydrogens is 371 g/mol. The van der Waals surface area contributed by atoms with Crippen LogP contribution in [-0.4, -0.2) is 40.6 Å². The third-order valence-corrected chi connectivity index (χ3v) is 4.45. The van der Waals surface area contributed by atoms with Gasteiger partial charge in [0.1, 0.15) is 0 Å². The first-order valence-corrected chi connectivity index (χ1v) is 8.90. The van der Waals surface area contributed by atoms with Crippen molar-refractivity contribution in [3.05, 3.63) is 17.2 Å². The van der Waals surface area contributed by atoms with E-state index in [9.17, 15) is 22.8 Å². The standard InChI is InChI=1S/C15H20F3N5O2S/c1-8(2)7-9(20-12(25)10-5-6-19-10)3-4-11(24)21-14-23-22-13(26-14)15(16,17)18/h3-4,8-10,19H,5-7H2,1-2H3,(H,20,25)(H,21,23,24)/b4-3+/t9-,10?/m1/s1. The Morgan fingerprint density at radius 3 is 2.58 bits per heavy atom. The Labute approximate surface area is 152 Å². The Morgan fingerprint density at radius 2 is 2.08 bits per heavy atom. The van der Waals surface area contributed by atoms with Crippen molar-refractivity contribution in [2.24, 2.45) is 5.92 Å². The van der Waals surface area contributed by atoms with E-state index in [0.29, 0.717) is 6.42 Å². The lowest BCUT2D eigenvalue weighted by Crippen LogP contribution is -2.55. The van der Waals surface area contributed by atoms with Gasteiger partial charge in [0.05, 0.1) is 6.04 Å². The van der Waals surface area contributed by atoms with E-state index in [2.05, 4.69) is 26.1 Å². The van der Waals surface area contributed by atoms with Crippen molar-refractivity contribution in [1.29, 1.82) is 0 Å². The second-order valence-electron chi connectivity index (χ2n) is 6.30. The summed E-state index contributed by atoms with van der Waals surface area (Å²) in [6.07, 6.45) is -0.505. The molecule has 26 heavy (non-hydrogen) atoms. The lowest BCUT2D eigenvalue weighted by Gasteiger charge is -2.28. The molecule has 1 aliphatic heterocycles. The molecule has 2 atom stereocenters. The van der Waals surface area contributed by atoms with Gasteiger partial charge in [-0.2, -0.15) is 13.2 Å². The summed E-state index contributed by atoms with van der Waals surface area (Å²) in [5.74, 6) is -0.495. The molecule has 2 rings (SSSR count). The van der Waals surface area contributed by atoms with Gasteiger partial charge in [0, 0.05) is 12.1 Å². The number of aromatic nitrogens is 2. The van der Waals surface area contributed by atoms with E-state index in [-0.39, 0.29) is 40.4 Å². The van der Waals surface area contributed by atoms with Gasteiger partial charge in [0.2, 0.25) is 22.0 Å². The van der Waals surface area contributed by atoms with E-state index in [0.717, 1.165) is 13.0 Å². The summed E-state index contributed by atoms with van der Waals surface area (Å²) >= 11 is 0.247. The molecule has 1 aliphatic rings. The van der Waals surface area contributed by atoms with E-state index in [4.69, 9.17) is 0 Å². The molecule has 0 saturated carbocycles. The van der Waals surface area contributed by atoms with Crippen LogP contribution in [0.4, 0.5) is 18.3 Å². The minimum Gasteiger partial charge on any atom is -0.349 e. The SMILES string of the molecule is CC(C)C[C@@H](/C=C/C(=O)Nc1nnc(C(F)(F)F)s1)NC(=O)C1CCN1. The van der Waals surface area contributed by atoms with Crippen LogP contribution in [-0.2, 0) is 15.8 Å². The summed E-state index contributed by atoms with van der Waals surface area (Å²) in [6, 6.07) is -0.565. The summed E-state index contributed by atoms with van der Waals surface area (Å²) in [6.45, 7) is 4.76. The number of carbonyl (C=O) groups is 2. The Bertz CT molecular complexity index is 670. The zero-order valence-electron chi connectivity index (χ0n) is 14.3. The summed E-state index contributed by atoms with van der Waals surface area (Å²) in [4.78, 5) is 23.9. The van der Waals surface area contributed by atoms with Crippen LogP contribution in [0.3, 0.4) is 0 Å². The number of hydrogen-bond donors (Lipinski definition) is 3. The maximum Gasteiger partial charge on any atom is 0.445 e. The molecule has 0 radical (unpaired) electrons. The summed E-state index contributed by atoms with van der Waals surface area (Å²) < 4.78 is 37.4. The van der Waals surface area contributed by atoms with E-state index >= 15 is 0 Å². The molecule has 0 bridgehead atoms. The molecular formula is C15H20F3N5O2S. The number of hydrogen-bond acceptors (Lipinski definition) is 6. The lowest BCUT2D eigenvalue weighted by molar-refractivity contribution is -0.138. The fourth-order valence-electron chi connectivity index (χ4n) is 2.23. The van der Waals surface area contributed by atoms with Crippen molar-refractivity contribution in [1.82, 2.24) is 20.8 Å². The zero-order chi connectivity index (χ0) is 19.3. The highest BCUT2D eigenvalue weighted by Crippen LogP contribution is 2.32. The van der Waals surface area contributed by atoms with Gasteiger partial charge in [-0.25, -0.2) is 0 Å². The van der Waals surface area contributed by atoms with Crippen LogP contribution in [0, 0.1) is 5.92 Å². The molecule has 3 N–H and O–H groups in total. The number of halogens is 3. The molecule has 2 amide bonds. The highest BCUT2D eigenvalue weighted by Gasteiger charge is 2.35. The summed E-state index contributed by atoms with van der Waals surface area (Å²) in [5, 5.41) is 13.0. The van der Waals surface area contributed by atoms with Crippen molar-refractivity contribution in [3.63, 3.8) is 0 Å². The minimum absolute atomic E-state index is 0.133. The predicted molar refractivity (Wildman–Crippen MR) is 90.5 cm³/mol. The maximum atomic E-state index is 12.5. The summed E-state index contributed by atoms with van der Waals surface area (Å²) in [7, 11) is 0. The first-order chi connectivity index (χ1) is 12.1.